The summed E-state index contributed by atoms with van der Waals surface area (Å²) in [5, 5.41) is 19.1. The second-order valence-electron chi connectivity index (χ2n) is 10.8. The van der Waals surface area contributed by atoms with Crippen LogP contribution >= 0.6 is 0 Å². The van der Waals surface area contributed by atoms with Gasteiger partial charge in [0.05, 0.1) is 24.8 Å². The van der Waals surface area contributed by atoms with Crippen LogP contribution < -0.4 is 4.90 Å². The Morgan fingerprint density at radius 1 is 0.927 bits per heavy atom. The van der Waals surface area contributed by atoms with Crippen LogP contribution in [0.25, 0.3) is 5.57 Å². The van der Waals surface area contributed by atoms with Crippen LogP contribution in [-0.2, 0) is 22.4 Å². The molecule has 2 aromatic rings. The van der Waals surface area contributed by atoms with Gasteiger partial charge in [0.1, 0.15) is 0 Å². The van der Waals surface area contributed by atoms with Gasteiger partial charge in [0.25, 0.3) is 17.7 Å². The molecule has 4 rings (SSSR count). The fraction of sp³-hybridized carbons (Fsp3) is 0.394. The lowest BCUT2D eigenvalue weighted by molar-refractivity contribution is -0.125. The van der Waals surface area contributed by atoms with Crippen molar-refractivity contribution in [1.29, 1.82) is 0 Å². The second-order valence-corrected chi connectivity index (χ2v) is 10.8. The monoisotopic (exact) mass is 558 g/mol. The van der Waals surface area contributed by atoms with Crippen LogP contribution in [0, 0.1) is 5.92 Å². The number of allylic oxidation sites excluding steroid dienone is 2. The quantitative estimate of drug-likeness (QED) is 0.226. The molecule has 8 heteroatoms. The number of anilines is 1. The Balaban J connectivity index is 1.70. The van der Waals surface area contributed by atoms with E-state index in [4.69, 9.17) is 5.11 Å². The maximum absolute atomic E-state index is 13.7. The van der Waals surface area contributed by atoms with Crippen molar-refractivity contribution >= 4 is 34.9 Å². The molecule has 8 nitrogen and oxygen atoms in total. The van der Waals surface area contributed by atoms with Crippen molar-refractivity contribution in [3.8, 4) is 0 Å². The Morgan fingerprint density at radius 2 is 1.63 bits per heavy atom. The third-order valence-corrected chi connectivity index (χ3v) is 8.04. The standard InChI is InChI=1S/C33H38N2O6/c1-4-9-26-30-27(33(41)35(32(26)40)24(20-37)18-21(3)5-2)16-15-25-28(30)19-29(38)34(31(25)39)23-13-11-22(12-14-23)10-7-6-8-17-36/h4,9,11-16,21,24,36-37H,1,5-8,10,17-20H2,2-3H3/b26-9+. The van der Waals surface area contributed by atoms with Gasteiger partial charge in [-0.25, -0.2) is 4.90 Å². The van der Waals surface area contributed by atoms with E-state index in [1.54, 1.807) is 18.2 Å². The molecule has 2 unspecified atom stereocenters. The molecule has 4 amide bonds. The van der Waals surface area contributed by atoms with Gasteiger partial charge in [0.2, 0.25) is 5.91 Å². The van der Waals surface area contributed by atoms with E-state index in [0.29, 0.717) is 17.7 Å². The van der Waals surface area contributed by atoms with Gasteiger partial charge in [0.15, 0.2) is 0 Å². The number of imide groups is 2. The summed E-state index contributed by atoms with van der Waals surface area (Å²) in [6, 6.07) is 9.67. The van der Waals surface area contributed by atoms with E-state index in [2.05, 4.69) is 6.58 Å². The van der Waals surface area contributed by atoms with Crippen LogP contribution in [0.3, 0.4) is 0 Å². The highest BCUT2D eigenvalue weighted by atomic mass is 16.3. The predicted molar refractivity (Wildman–Crippen MR) is 157 cm³/mol. The fourth-order valence-electron chi connectivity index (χ4n) is 5.63. The van der Waals surface area contributed by atoms with Crippen molar-refractivity contribution in [1.82, 2.24) is 4.90 Å². The third-order valence-electron chi connectivity index (χ3n) is 8.04. The zero-order valence-electron chi connectivity index (χ0n) is 23.8. The normalized spacial score (nSPS) is 17.5. The van der Waals surface area contributed by atoms with Gasteiger partial charge in [-0.2, -0.15) is 0 Å². The maximum Gasteiger partial charge on any atom is 0.265 e. The summed E-state index contributed by atoms with van der Waals surface area (Å²) in [6.45, 7) is 7.55. The molecule has 0 saturated heterocycles. The Kier molecular flexibility index (Phi) is 9.68. The second kappa shape index (κ2) is 13.2. The molecule has 0 saturated carbocycles. The van der Waals surface area contributed by atoms with Crippen molar-refractivity contribution in [2.24, 2.45) is 5.92 Å². The molecular formula is C33H38N2O6. The van der Waals surface area contributed by atoms with Gasteiger partial charge < -0.3 is 10.2 Å². The smallest absolute Gasteiger partial charge is 0.265 e. The number of hydrogen-bond acceptors (Lipinski definition) is 6. The van der Waals surface area contributed by atoms with Gasteiger partial charge in [-0.15, -0.1) is 0 Å². The number of aryl methyl sites for hydroxylation is 1. The van der Waals surface area contributed by atoms with Crippen LogP contribution in [0.5, 0.6) is 0 Å². The van der Waals surface area contributed by atoms with E-state index in [1.807, 2.05) is 26.0 Å². The topological polar surface area (TPSA) is 115 Å². The first-order valence-electron chi connectivity index (χ1n) is 14.3. The first-order valence-corrected chi connectivity index (χ1v) is 14.3. The van der Waals surface area contributed by atoms with Crippen LogP contribution in [0.1, 0.15) is 83.4 Å². The number of fused-ring (bicyclic) bond motifs is 3. The van der Waals surface area contributed by atoms with E-state index in [-0.39, 0.29) is 47.8 Å². The van der Waals surface area contributed by atoms with Gasteiger partial charge in [-0.05, 0) is 73.1 Å². The number of amides is 4. The lowest BCUT2D eigenvalue weighted by Gasteiger charge is -2.37. The number of aliphatic hydroxyl groups excluding tert-OH is 2. The van der Waals surface area contributed by atoms with Crippen molar-refractivity contribution < 1.29 is 29.4 Å². The third kappa shape index (κ3) is 5.94. The minimum atomic E-state index is -0.696. The van der Waals surface area contributed by atoms with E-state index >= 15 is 0 Å². The summed E-state index contributed by atoms with van der Waals surface area (Å²) in [7, 11) is 0. The summed E-state index contributed by atoms with van der Waals surface area (Å²) in [6.07, 6.45) is 7.53. The van der Waals surface area contributed by atoms with Gasteiger partial charge in [-0.3, -0.25) is 24.1 Å². The summed E-state index contributed by atoms with van der Waals surface area (Å²) in [5.74, 6) is -1.90. The molecule has 0 aliphatic carbocycles. The molecule has 0 bridgehead atoms. The minimum absolute atomic E-state index is 0.154. The van der Waals surface area contributed by atoms with Crippen LogP contribution in [-0.4, -0.2) is 58.0 Å². The number of rotatable bonds is 12. The van der Waals surface area contributed by atoms with Crippen molar-refractivity contribution in [2.75, 3.05) is 18.1 Å². The Labute approximate surface area is 241 Å². The Bertz CT molecular complexity index is 1380. The SMILES string of the molecule is C=C/C=C1/C(=O)N(C(CO)CC(C)CC)C(=O)c2ccc3c(c21)CC(=O)N(c1ccc(CCCCCO)cc1)C3=O. The highest BCUT2D eigenvalue weighted by Crippen LogP contribution is 2.38. The molecule has 2 atom stereocenters. The summed E-state index contributed by atoms with van der Waals surface area (Å²) in [4.78, 5) is 56.7. The number of unbranched alkanes of at least 4 members (excludes halogenated alkanes) is 2. The average molecular weight is 559 g/mol. The largest absolute Gasteiger partial charge is 0.396 e. The zero-order valence-corrected chi connectivity index (χ0v) is 23.8. The molecule has 2 aliphatic heterocycles. The molecule has 0 radical (unpaired) electrons. The van der Waals surface area contributed by atoms with Crippen molar-refractivity contribution in [2.45, 2.75) is 64.8 Å². The fourth-order valence-corrected chi connectivity index (χ4v) is 5.63. The molecular weight excluding hydrogens is 520 g/mol. The number of aliphatic hydroxyl groups is 2. The lowest BCUT2D eigenvalue weighted by Crippen LogP contribution is -2.51. The molecule has 2 aromatic carbocycles. The molecule has 2 heterocycles. The van der Waals surface area contributed by atoms with E-state index in [0.717, 1.165) is 47.5 Å². The summed E-state index contributed by atoms with van der Waals surface area (Å²) >= 11 is 0. The van der Waals surface area contributed by atoms with Crippen molar-refractivity contribution in [3.05, 3.63) is 82.9 Å². The highest BCUT2D eigenvalue weighted by molar-refractivity contribution is 6.33. The number of carbonyl (C=O) groups is 4. The molecule has 216 valence electrons. The Morgan fingerprint density at radius 3 is 2.27 bits per heavy atom. The molecule has 2 aliphatic rings. The number of nitrogens with zero attached hydrogens (tertiary/aromatic N) is 2. The summed E-state index contributed by atoms with van der Waals surface area (Å²) < 4.78 is 0. The first-order chi connectivity index (χ1) is 19.8. The molecule has 2 N–H and O–H groups in total. The van der Waals surface area contributed by atoms with Gasteiger partial charge in [0, 0.05) is 28.9 Å². The van der Waals surface area contributed by atoms with E-state index in [9.17, 15) is 24.3 Å². The van der Waals surface area contributed by atoms with Gasteiger partial charge >= 0.3 is 0 Å². The van der Waals surface area contributed by atoms with Crippen molar-refractivity contribution in [3.63, 3.8) is 0 Å². The van der Waals surface area contributed by atoms with Crippen LogP contribution in [0.2, 0.25) is 0 Å². The highest BCUT2D eigenvalue weighted by Gasteiger charge is 2.43. The molecule has 41 heavy (non-hydrogen) atoms. The van der Waals surface area contributed by atoms with E-state index in [1.165, 1.54) is 18.2 Å². The van der Waals surface area contributed by atoms with Crippen LogP contribution in [0.15, 0.2) is 55.1 Å². The lowest BCUT2D eigenvalue weighted by atomic mass is 9.82. The molecule has 0 aromatic heterocycles. The number of benzene rings is 2. The maximum atomic E-state index is 13.7. The van der Waals surface area contributed by atoms with Gasteiger partial charge in [-0.1, -0.05) is 51.5 Å². The minimum Gasteiger partial charge on any atom is -0.396 e. The average Bonchev–Trinajstić information content (AvgIpc) is 2.97. The molecule has 0 spiro atoms. The van der Waals surface area contributed by atoms with E-state index < -0.39 is 29.7 Å². The zero-order chi connectivity index (χ0) is 29.7. The van der Waals surface area contributed by atoms with Crippen LogP contribution in [0.4, 0.5) is 5.69 Å². The number of carbonyl (C=O) groups excluding carboxylic acids is 4. The number of hydrogen-bond donors (Lipinski definition) is 2. The first kappa shape index (κ1) is 30.1. The summed E-state index contributed by atoms with van der Waals surface area (Å²) in [5.41, 5.74) is 2.83. The Hall–Kier alpha value is -3.88. The predicted octanol–water partition coefficient (Wildman–Crippen LogP) is 4.47. The molecule has 0 fully saturated rings.